The zero-order chi connectivity index (χ0) is 66.2. The molecule has 1 unspecified atom stereocenters. The highest BCUT2D eigenvalue weighted by atomic mass is 16.6. The lowest BCUT2D eigenvalue weighted by atomic mass is 10.0. The maximum atomic E-state index is 14.3. The fourth-order valence-corrected chi connectivity index (χ4v) is 9.75. The number of hydrogen-bond acceptors (Lipinski definition) is 23. The van der Waals surface area contributed by atoms with E-state index in [0.717, 1.165) is 6.42 Å². The van der Waals surface area contributed by atoms with Gasteiger partial charge in [0, 0.05) is 82.2 Å². The van der Waals surface area contributed by atoms with Crippen molar-refractivity contribution in [1.82, 2.24) is 34.6 Å². The van der Waals surface area contributed by atoms with Gasteiger partial charge in [0.25, 0.3) is 11.1 Å². The highest BCUT2D eigenvalue weighted by Crippen LogP contribution is 2.21. The summed E-state index contributed by atoms with van der Waals surface area (Å²) in [4.78, 5) is 87.2. The number of rotatable bonds is 42. The van der Waals surface area contributed by atoms with Crippen LogP contribution in [0, 0.1) is 5.92 Å². The first-order valence-electron chi connectivity index (χ1n) is 31.4. The third kappa shape index (κ3) is 26.5. The molecule has 2 aromatic heterocycles. The quantitative estimate of drug-likeness (QED) is 0.0129. The molecule has 5 atom stereocenters. The Morgan fingerprint density at radius 2 is 1.26 bits per heavy atom. The predicted molar refractivity (Wildman–Crippen MR) is 337 cm³/mol. The molecule has 2 N–H and O–H groups in total. The molecule has 0 bridgehead atoms. The van der Waals surface area contributed by atoms with Crippen LogP contribution in [0.3, 0.4) is 0 Å². The van der Waals surface area contributed by atoms with E-state index < -0.39 is 29.7 Å². The Balaban J connectivity index is 1.27. The second-order valence-electron chi connectivity index (χ2n) is 22.8. The van der Waals surface area contributed by atoms with Gasteiger partial charge in [-0.1, -0.05) is 13.5 Å². The molecule has 5 rings (SSSR count). The first-order chi connectivity index (χ1) is 43.6. The molecule has 0 spiro atoms. The number of esters is 4. The van der Waals surface area contributed by atoms with Gasteiger partial charge in [-0.3, -0.25) is 33.6 Å². The standard InChI is InChI=1S/C63H92N12O16/c1-43-34-64-65-35-54(43)59(85-32-20-14-24-46(4)89-49(7)79)68-71(42-76)28-16-12-27-53(91-51(9)81)39-73-41-58-56(37-67-73)61(87-33-21-15-25-47(5)90-50(8)80)70-75(63(58)84)30-18-11-26-52(82)38-72-40-57-55(36-66-72)60(86-31-19-13-22-44(2)77)69-74(62(57)83)29-17-10-23-45(3)88-48(6)78/h27,35-37,40-45,47,52,77,82H,4,10-26,28-34,38-39H2,1-3,5-9H3/q-2/b53-27-,68-59+/t43?,44-,45-,47-,52+/m1/s1. The van der Waals surface area contributed by atoms with Crippen LogP contribution in [0.5, 0.6) is 11.8 Å². The zero-order valence-electron chi connectivity index (χ0n) is 54.0. The van der Waals surface area contributed by atoms with Crippen molar-refractivity contribution in [2.24, 2.45) is 21.2 Å². The summed E-state index contributed by atoms with van der Waals surface area (Å²) in [5.74, 6) is -0.568. The van der Waals surface area contributed by atoms with Crippen LogP contribution in [0.15, 0.2) is 60.9 Å². The number of β-amino-alcohol motifs (C(OH)–C–C–N with tert-alkyl or cyclic N) is 1. The average molecular weight is 1270 g/mol. The molecule has 1 amide bonds. The minimum absolute atomic E-state index is 0.0501. The van der Waals surface area contributed by atoms with Crippen molar-refractivity contribution in [3.05, 3.63) is 88.4 Å². The number of aliphatic hydroxyl groups excluding tert-OH is 2. The van der Waals surface area contributed by atoms with Crippen molar-refractivity contribution in [1.29, 1.82) is 0 Å². The van der Waals surface area contributed by atoms with E-state index in [2.05, 4.69) is 43.0 Å². The normalized spacial score (nSPS) is 15.6. The lowest BCUT2D eigenvalue weighted by molar-refractivity contribution is -0.146. The summed E-state index contributed by atoms with van der Waals surface area (Å²) < 4.78 is 42.2. The zero-order valence-corrected chi connectivity index (χ0v) is 54.0. The third-order valence-electron chi connectivity index (χ3n) is 14.3. The van der Waals surface area contributed by atoms with Crippen molar-refractivity contribution in [2.75, 3.05) is 46.0 Å². The summed E-state index contributed by atoms with van der Waals surface area (Å²) in [6.07, 6.45) is 17.5. The van der Waals surface area contributed by atoms with Gasteiger partial charge in [-0.05, 0) is 142 Å². The van der Waals surface area contributed by atoms with Crippen molar-refractivity contribution in [2.45, 2.75) is 202 Å². The summed E-state index contributed by atoms with van der Waals surface area (Å²) in [7, 11) is 0. The van der Waals surface area contributed by atoms with Crippen LogP contribution in [0.4, 0.5) is 0 Å². The number of aliphatic hydroxyl groups is 2. The molecule has 5 heterocycles. The predicted octanol–water partition coefficient (Wildman–Crippen LogP) is 4.99. The molecule has 2 aromatic rings. The number of unbranched alkanes of at least 4 members (excludes halogenated alkanes) is 6. The van der Waals surface area contributed by atoms with Gasteiger partial charge in [0.15, 0.2) is 0 Å². The van der Waals surface area contributed by atoms with Crippen LogP contribution < -0.4 is 41.5 Å². The maximum absolute atomic E-state index is 14.3. The number of fused-ring (bicyclic) bond motifs is 2. The molecule has 91 heavy (non-hydrogen) atoms. The molecular weight excluding hydrogens is 1180 g/mol. The summed E-state index contributed by atoms with van der Waals surface area (Å²) in [6.45, 7) is 18.2. The van der Waals surface area contributed by atoms with E-state index in [1.54, 1.807) is 25.4 Å². The Kier molecular flexibility index (Phi) is 31.4. The molecule has 28 heteroatoms. The highest BCUT2D eigenvalue weighted by Gasteiger charge is 2.22. The molecule has 0 radical (unpaired) electrons. The Bertz CT molecular complexity index is 3290. The minimum atomic E-state index is -0.891. The van der Waals surface area contributed by atoms with Crippen LogP contribution in [0.25, 0.3) is 35.7 Å². The molecule has 0 saturated carbocycles. The number of hydrogen-bond donors (Lipinski definition) is 2. The first kappa shape index (κ1) is 73.3. The van der Waals surface area contributed by atoms with E-state index in [4.69, 9.17) is 33.2 Å². The van der Waals surface area contributed by atoms with Crippen molar-refractivity contribution < 1.29 is 67.3 Å². The van der Waals surface area contributed by atoms with Gasteiger partial charge in [-0.25, -0.2) is 14.4 Å². The Hall–Kier alpha value is -8.40. The fraction of sp³-hybridized carbons (Fsp3) is 0.619. The molecule has 0 fully saturated rings. The number of azo groups is 1. The van der Waals surface area contributed by atoms with E-state index in [1.165, 1.54) is 70.7 Å². The van der Waals surface area contributed by atoms with Gasteiger partial charge in [0.1, 0.15) is 11.5 Å². The summed E-state index contributed by atoms with van der Waals surface area (Å²) in [5, 5.41) is 48.4. The number of nitrogens with zero attached hydrogens (tertiary/aromatic N) is 12. The van der Waals surface area contributed by atoms with Crippen molar-refractivity contribution in [3.8, 4) is 11.8 Å². The van der Waals surface area contributed by atoms with E-state index in [0.29, 0.717) is 149 Å². The minimum Gasteiger partial charge on any atom is -0.601 e. The van der Waals surface area contributed by atoms with Gasteiger partial charge in [-0.15, -0.1) is 27.7 Å². The molecule has 28 nitrogen and oxygen atoms in total. The average Bonchev–Trinajstić information content (AvgIpc) is 0.932. The first-order valence-corrected chi connectivity index (χ1v) is 31.4. The highest BCUT2D eigenvalue weighted by molar-refractivity contribution is 5.94. The number of aromatic nitrogens is 4. The van der Waals surface area contributed by atoms with Gasteiger partial charge < -0.3 is 64.2 Å². The largest absolute Gasteiger partial charge is 0.601 e. The van der Waals surface area contributed by atoms with Gasteiger partial charge in [0.05, 0.1) is 74.0 Å². The van der Waals surface area contributed by atoms with Crippen molar-refractivity contribution >= 4 is 61.0 Å². The van der Waals surface area contributed by atoms with Gasteiger partial charge in [0.2, 0.25) is 24.1 Å². The summed E-state index contributed by atoms with van der Waals surface area (Å²) in [6, 6.07) is 0. The number of carbonyl (C=O) groups excluding carboxylic acids is 5. The van der Waals surface area contributed by atoms with E-state index in [9.17, 15) is 43.8 Å². The van der Waals surface area contributed by atoms with Gasteiger partial charge >= 0.3 is 23.9 Å². The Morgan fingerprint density at radius 1 is 0.714 bits per heavy atom. The SMILES string of the molecule is C=C(CCCCO/C(=N/N(C=O)CCC/C=C(/CN1C=c2c(c(OCCCC[C@@H](C)OC(C)=O)nn(CCCC[C@H](O)CN3C=c4c(c(OCCCC[C@@H](C)O)nn(CCCC[C@@H](C)OC(C)=O)c4=O)=C[N-]3)c2=O)=C[N-]1)OC(C)=O)C1=CN=NCC1C)OC(C)=O. The summed E-state index contributed by atoms with van der Waals surface area (Å²) >= 11 is 0. The van der Waals surface area contributed by atoms with Crippen LogP contribution in [0.1, 0.15) is 165 Å². The maximum Gasteiger partial charge on any atom is 0.307 e. The second kappa shape index (κ2) is 39.0. The number of aryl methyl sites for hydroxylation is 2. The molecule has 3 aliphatic rings. The lowest BCUT2D eigenvalue weighted by Crippen LogP contribution is -2.50. The second-order valence-corrected chi connectivity index (χ2v) is 22.8. The lowest BCUT2D eigenvalue weighted by Gasteiger charge is -2.38. The Morgan fingerprint density at radius 3 is 1.82 bits per heavy atom. The van der Waals surface area contributed by atoms with Gasteiger partial charge in [-0.2, -0.15) is 10.2 Å². The molecule has 0 aromatic carbocycles. The third-order valence-corrected chi connectivity index (χ3v) is 14.3. The fourth-order valence-electron chi connectivity index (χ4n) is 9.75. The van der Waals surface area contributed by atoms with Crippen LogP contribution in [-0.2, 0) is 60.7 Å². The van der Waals surface area contributed by atoms with Crippen molar-refractivity contribution in [3.63, 3.8) is 0 Å². The number of ether oxygens (including phenoxy) is 7. The van der Waals surface area contributed by atoms with E-state index >= 15 is 0 Å². The number of amides is 1. The van der Waals surface area contributed by atoms with Crippen LogP contribution in [-0.4, -0.2) is 151 Å². The monoisotopic (exact) mass is 1270 g/mol. The number of carbonyl (C=O) groups is 5. The molecule has 3 aliphatic heterocycles. The number of allylic oxidation sites excluding steroid dienone is 2. The van der Waals surface area contributed by atoms with E-state index in [1.807, 2.05) is 20.8 Å². The number of hydrazone groups is 1. The van der Waals surface area contributed by atoms with E-state index in [-0.39, 0.29) is 110 Å². The summed E-state index contributed by atoms with van der Waals surface area (Å²) in [5.41, 5.74) is 8.95. The molecule has 0 saturated heterocycles. The molecular formula is C63H92N12O16-2. The molecule has 502 valence electrons. The topological polar surface area (TPSA) is 335 Å². The smallest absolute Gasteiger partial charge is 0.307 e. The molecule has 0 aliphatic carbocycles. The van der Waals surface area contributed by atoms with Crippen LogP contribution >= 0.6 is 0 Å². The van der Waals surface area contributed by atoms with Crippen LogP contribution in [0.2, 0.25) is 0 Å². The Labute approximate surface area is 530 Å².